The quantitative estimate of drug-likeness (QED) is 0.417. The lowest BCUT2D eigenvalue weighted by Crippen LogP contribution is -2.40. The third kappa shape index (κ3) is 3.78. The number of nitrogens with zero attached hydrogens (tertiary/aromatic N) is 4. The molecule has 0 saturated heterocycles. The number of benzene rings is 3. The van der Waals surface area contributed by atoms with Gasteiger partial charge in [0.1, 0.15) is 5.82 Å². The number of aryl methyl sites for hydroxylation is 1. The van der Waals surface area contributed by atoms with Crippen molar-refractivity contribution in [3.8, 4) is 5.69 Å². The molecule has 0 amide bonds. The molecule has 164 valence electrons. The Morgan fingerprint density at radius 1 is 0.879 bits per heavy atom. The van der Waals surface area contributed by atoms with Gasteiger partial charge in [0.25, 0.3) is 5.56 Å². The van der Waals surface area contributed by atoms with Gasteiger partial charge in [-0.25, -0.2) is 18.7 Å². The highest BCUT2D eigenvalue weighted by atomic mass is 19.1. The molecule has 2 aromatic heterocycles. The van der Waals surface area contributed by atoms with Crippen LogP contribution < -0.4 is 11.2 Å². The fraction of sp³-hybridized carbons (Fsp3) is 0.115. The molecule has 0 aliphatic rings. The molecule has 7 heteroatoms. The molecule has 33 heavy (non-hydrogen) atoms. The summed E-state index contributed by atoms with van der Waals surface area (Å²) < 4.78 is 18.3. The summed E-state index contributed by atoms with van der Waals surface area (Å²) in [6, 6.07) is 22.9. The fourth-order valence-electron chi connectivity index (χ4n) is 4.02. The van der Waals surface area contributed by atoms with E-state index in [1.807, 2.05) is 61.5 Å². The van der Waals surface area contributed by atoms with Crippen molar-refractivity contribution >= 4 is 11.2 Å². The minimum Gasteiger partial charge on any atom is -0.320 e. The third-order valence-corrected chi connectivity index (χ3v) is 5.75. The Labute approximate surface area is 188 Å². The van der Waals surface area contributed by atoms with E-state index < -0.39 is 17.1 Å². The molecule has 0 saturated carbocycles. The van der Waals surface area contributed by atoms with Crippen LogP contribution in [0.1, 0.15) is 16.7 Å². The molecule has 6 nitrogen and oxygen atoms in total. The molecule has 0 radical (unpaired) electrons. The van der Waals surface area contributed by atoms with Gasteiger partial charge in [-0.1, -0.05) is 60.7 Å². The SMILES string of the molecule is Cc1ccccc1Cn1cnc2c1c(=O)n(Cc1ccccc1)c(=O)n2-c1cccc(F)c1. The summed E-state index contributed by atoms with van der Waals surface area (Å²) in [5.74, 6) is -0.479. The summed E-state index contributed by atoms with van der Waals surface area (Å²) in [5, 5.41) is 0. The maximum absolute atomic E-state index is 14.0. The molecule has 5 aromatic rings. The largest absolute Gasteiger partial charge is 0.337 e. The Bertz CT molecular complexity index is 1580. The molecule has 0 N–H and O–H groups in total. The normalized spacial score (nSPS) is 11.2. The molecule has 0 aliphatic heterocycles. The number of hydrogen-bond donors (Lipinski definition) is 0. The van der Waals surface area contributed by atoms with E-state index in [1.54, 1.807) is 17.0 Å². The van der Waals surface area contributed by atoms with Crippen LogP contribution >= 0.6 is 0 Å². The number of fused-ring (bicyclic) bond motifs is 1. The minimum absolute atomic E-state index is 0.0965. The second-order valence-corrected chi connectivity index (χ2v) is 7.95. The van der Waals surface area contributed by atoms with Crippen LogP contribution in [0.2, 0.25) is 0 Å². The second kappa shape index (κ2) is 8.35. The fourth-order valence-corrected chi connectivity index (χ4v) is 4.02. The monoisotopic (exact) mass is 440 g/mol. The van der Waals surface area contributed by atoms with Gasteiger partial charge in [-0.15, -0.1) is 0 Å². The lowest BCUT2D eigenvalue weighted by atomic mass is 10.1. The van der Waals surface area contributed by atoms with Crippen molar-refractivity contribution in [3.63, 3.8) is 0 Å². The van der Waals surface area contributed by atoms with Gasteiger partial charge >= 0.3 is 5.69 Å². The maximum atomic E-state index is 14.0. The van der Waals surface area contributed by atoms with Gasteiger partial charge in [0.15, 0.2) is 11.2 Å². The zero-order valence-corrected chi connectivity index (χ0v) is 18.0. The van der Waals surface area contributed by atoms with Gasteiger partial charge in [-0.3, -0.25) is 9.36 Å². The Balaban J connectivity index is 1.78. The average Bonchev–Trinajstić information content (AvgIpc) is 3.22. The topological polar surface area (TPSA) is 61.8 Å². The van der Waals surface area contributed by atoms with Crippen molar-refractivity contribution in [2.75, 3.05) is 0 Å². The van der Waals surface area contributed by atoms with E-state index in [4.69, 9.17) is 0 Å². The van der Waals surface area contributed by atoms with Crippen LogP contribution in [0.15, 0.2) is 94.8 Å². The molecule has 0 unspecified atom stereocenters. The molecule has 3 aromatic carbocycles. The number of halogens is 1. The number of hydrogen-bond acceptors (Lipinski definition) is 3. The van der Waals surface area contributed by atoms with Crippen molar-refractivity contribution < 1.29 is 4.39 Å². The predicted octanol–water partition coefficient (Wildman–Crippen LogP) is 3.89. The van der Waals surface area contributed by atoms with Crippen molar-refractivity contribution in [1.29, 1.82) is 0 Å². The second-order valence-electron chi connectivity index (χ2n) is 7.95. The number of imidazole rings is 1. The number of aromatic nitrogens is 4. The standard InChI is InChI=1S/C26H21FN4O2/c1-18-8-5-6-11-20(18)16-29-17-28-24-23(29)25(32)30(15-19-9-3-2-4-10-19)26(33)31(24)22-13-7-12-21(27)14-22/h2-14,17H,15-16H2,1H3. The van der Waals surface area contributed by atoms with Crippen LogP contribution in [0.3, 0.4) is 0 Å². The summed E-state index contributed by atoms with van der Waals surface area (Å²) >= 11 is 0. The van der Waals surface area contributed by atoms with Gasteiger partial charge in [0.2, 0.25) is 0 Å². The van der Waals surface area contributed by atoms with Crippen molar-refractivity contribution in [1.82, 2.24) is 18.7 Å². The summed E-state index contributed by atoms with van der Waals surface area (Å²) in [7, 11) is 0. The zero-order valence-electron chi connectivity index (χ0n) is 18.0. The summed E-state index contributed by atoms with van der Waals surface area (Å²) in [5.41, 5.74) is 2.74. The molecule has 5 rings (SSSR count). The molecule has 0 aliphatic carbocycles. The molecule has 2 heterocycles. The Kier molecular flexibility index (Phi) is 5.22. The van der Waals surface area contributed by atoms with Gasteiger partial charge < -0.3 is 4.57 Å². The van der Waals surface area contributed by atoms with Crippen LogP contribution in [0, 0.1) is 12.7 Å². The third-order valence-electron chi connectivity index (χ3n) is 5.75. The summed E-state index contributed by atoms with van der Waals surface area (Å²) in [6.07, 6.45) is 1.56. The molecular weight excluding hydrogens is 419 g/mol. The van der Waals surface area contributed by atoms with E-state index in [9.17, 15) is 14.0 Å². The van der Waals surface area contributed by atoms with Crippen molar-refractivity contribution in [3.05, 3.63) is 129 Å². The first kappa shape index (κ1) is 20.6. The smallest absolute Gasteiger partial charge is 0.320 e. The van der Waals surface area contributed by atoms with Crippen LogP contribution in [0.25, 0.3) is 16.9 Å². The number of rotatable bonds is 5. The van der Waals surface area contributed by atoms with Gasteiger partial charge in [-0.05, 0) is 41.8 Å². The lowest BCUT2D eigenvalue weighted by Gasteiger charge is -2.13. The first-order valence-electron chi connectivity index (χ1n) is 10.6. The Morgan fingerprint density at radius 2 is 1.64 bits per heavy atom. The summed E-state index contributed by atoms with van der Waals surface area (Å²) in [4.78, 5) is 31.5. The summed E-state index contributed by atoms with van der Waals surface area (Å²) in [6.45, 7) is 2.52. The van der Waals surface area contributed by atoms with Crippen LogP contribution in [-0.2, 0) is 13.1 Å². The first-order chi connectivity index (χ1) is 16.0. The van der Waals surface area contributed by atoms with E-state index in [-0.39, 0.29) is 17.7 Å². The van der Waals surface area contributed by atoms with E-state index in [1.165, 1.54) is 27.3 Å². The highest BCUT2D eigenvalue weighted by Crippen LogP contribution is 2.17. The van der Waals surface area contributed by atoms with E-state index >= 15 is 0 Å². The van der Waals surface area contributed by atoms with E-state index in [0.29, 0.717) is 12.2 Å². The molecule has 0 atom stereocenters. The highest BCUT2D eigenvalue weighted by molar-refractivity contribution is 5.72. The lowest BCUT2D eigenvalue weighted by molar-refractivity contribution is 0.624. The Morgan fingerprint density at radius 3 is 2.39 bits per heavy atom. The molecule has 0 bridgehead atoms. The van der Waals surface area contributed by atoms with Crippen LogP contribution in [-0.4, -0.2) is 18.7 Å². The van der Waals surface area contributed by atoms with Crippen molar-refractivity contribution in [2.45, 2.75) is 20.0 Å². The molecular formula is C26H21FN4O2. The zero-order chi connectivity index (χ0) is 22.9. The predicted molar refractivity (Wildman–Crippen MR) is 125 cm³/mol. The van der Waals surface area contributed by atoms with Crippen LogP contribution in [0.4, 0.5) is 4.39 Å². The maximum Gasteiger partial charge on any atom is 0.337 e. The average molecular weight is 440 g/mol. The molecule has 0 fully saturated rings. The van der Waals surface area contributed by atoms with Crippen molar-refractivity contribution in [2.24, 2.45) is 0 Å². The van der Waals surface area contributed by atoms with Gasteiger partial charge in [0, 0.05) is 6.54 Å². The van der Waals surface area contributed by atoms with Gasteiger partial charge in [0.05, 0.1) is 18.6 Å². The minimum atomic E-state index is -0.567. The highest BCUT2D eigenvalue weighted by Gasteiger charge is 2.20. The first-order valence-corrected chi connectivity index (χ1v) is 10.6. The van der Waals surface area contributed by atoms with Gasteiger partial charge in [-0.2, -0.15) is 0 Å². The van der Waals surface area contributed by atoms with E-state index in [2.05, 4.69) is 4.98 Å². The van der Waals surface area contributed by atoms with E-state index in [0.717, 1.165) is 16.7 Å². The molecule has 0 spiro atoms. The Hall–Kier alpha value is -4.26. The van der Waals surface area contributed by atoms with Crippen LogP contribution in [0.5, 0.6) is 0 Å².